The van der Waals surface area contributed by atoms with Gasteiger partial charge < -0.3 is 87.5 Å². The smallest absolute Gasteiger partial charge is 0.310 e. The molecule has 0 amide bonds. The van der Waals surface area contributed by atoms with Gasteiger partial charge in [-0.15, -0.1) is 0 Å². The molecule has 6 aliphatic heterocycles. The second-order valence-corrected chi connectivity index (χ2v) is 33.9. The summed E-state index contributed by atoms with van der Waals surface area (Å²) in [5, 5.41) is 58.1. The summed E-state index contributed by atoms with van der Waals surface area (Å²) < 4.78 is 68.9. The van der Waals surface area contributed by atoms with Crippen molar-refractivity contribution < 1.29 is 145 Å². The lowest BCUT2D eigenvalue weighted by molar-refractivity contribution is -0.171. The highest BCUT2D eigenvalue weighted by Crippen LogP contribution is 2.41. The van der Waals surface area contributed by atoms with Crippen LogP contribution in [0.15, 0.2) is 0 Å². The van der Waals surface area contributed by atoms with Gasteiger partial charge in [-0.1, -0.05) is 166 Å². The van der Waals surface area contributed by atoms with Gasteiger partial charge in [-0.25, -0.2) is 0 Å². The van der Waals surface area contributed by atoms with Crippen LogP contribution in [0.4, 0.5) is 0 Å². The van der Waals surface area contributed by atoms with Gasteiger partial charge in [-0.05, 0) is 71.0 Å². The van der Waals surface area contributed by atoms with Crippen LogP contribution in [0.3, 0.4) is 0 Å². The Balaban J connectivity index is 0.000000342. The van der Waals surface area contributed by atoms with E-state index >= 15 is 0 Å². The fourth-order valence-corrected chi connectivity index (χ4v) is 16.4. The summed E-state index contributed by atoms with van der Waals surface area (Å²) in [6.45, 7) is 42.7. The number of aliphatic carboxylic acids is 6. The summed E-state index contributed by atoms with van der Waals surface area (Å²) in [6, 6.07) is 0. The first-order chi connectivity index (χ1) is 50.0. The number of fused-ring (bicyclic) bond motifs is 3. The molecule has 6 saturated heterocycles. The number of hydrogen-bond donors (Lipinski definition) is 6. The van der Waals surface area contributed by atoms with Crippen molar-refractivity contribution in [3.05, 3.63) is 0 Å². The molecule has 0 bridgehead atoms. The highest BCUT2D eigenvalue weighted by atomic mass is 16.7. The minimum absolute atomic E-state index is 0.0245. The number of ether oxygens (including phenoxy) is 12. The summed E-state index contributed by atoms with van der Waals surface area (Å²) in [7, 11) is 0. The molecule has 0 aliphatic carbocycles. The first-order valence-corrected chi connectivity index (χ1v) is 38.3. The zero-order valence-electron chi connectivity index (χ0n) is 67.5. The number of hydrogen-bond acceptors (Lipinski definition) is 24. The average molecular weight is 1540 g/mol. The van der Waals surface area contributed by atoms with Crippen LogP contribution in [0, 0.1) is 142 Å². The van der Waals surface area contributed by atoms with E-state index in [1.807, 2.05) is 0 Å². The Bertz CT molecular complexity index is 2530. The highest BCUT2D eigenvalue weighted by Gasteiger charge is 2.57. The van der Waals surface area contributed by atoms with Crippen LogP contribution in [-0.4, -0.2) is 215 Å². The van der Waals surface area contributed by atoms with E-state index in [4.69, 9.17) is 56.8 Å². The van der Waals surface area contributed by atoms with Gasteiger partial charge in [0, 0.05) is 0 Å². The van der Waals surface area contributed by atoms with Crippen LogP contribution in [0.2, 0.25) is 0 Å². The predicted octanol–water partition coefficient (Wildman–Crippen LogP) is 8.60. The molecule has 30 nitrogen and oxygen atoms in total. The zero-order chi connectivity index (χ0) is 82.4. The highest BCUT2D eigenvalue weighted by molar-refractivity contribution is 5.85. The van der Waals surface area contributed by atoms with E-state index in [0.717, 1.165) is 0 Å². The maximum atomic E-state index is 13.1. The van der Waals surface area contributed by atoms with Crippen LogP contribution in [0.5, 0.6) is 0 Å². The molecule has 0 radical (unpaired) electrons. The standard InChI is InChI=1S/3C26H42O10/c3*1-11(2)17(23(27)28)19(13(5)6)25(31)35-15-9-33-22-16(10-34-21(15)22)36-26(32)20(14(7)8)18(12(3)4)24(29)30/h3*11-22H,9-10H2,1-8H3,(H,27,28)(H,29,30)/t15-,16+,17?,18?,19?,20?,21-,22-;15-,16-,17?,18?,19?,20?,21+,22+;15-,16-,17?,18?,19?,20?,21-,22-/m101/s1. The molecule has 618 valence electrons. The van der Waals surface area contributed by atoms with Gasteiger partial charge in [0.1, 0.15) is 36.6 Å². The second-order valence-electron chi connectivity index (χ2n) is 33.9. The molecule has 6 fully saturated rings. The maximum absolute atomic E-state index is 13.1. The van der Waals surface area contributed by atoms with E-state index < -0.39 is 216 Å². The third-order valence-corrected chi connectivity index (χ3v) is 21.8. The lowest BCUT2D eigenvalue weighted by Gasteiger charge is -2.30. The molecule has 6 aliphatic rings. The fraction of sp³-hybridized carbons (Fsp3) is 0.846. The topological polar surface area (TPSA) is 437 Å². The Morgan fingerprint density at radius 2 is 0.287 bits per heavy atom. The fourth-order valence-electron chi connectivity index (χ4n) is 16.4. The van der Waals surface area contributed by atoms with Crippen LogP contribution in [-0.2, 0) is 114 Å². The Hall–Kier alpha value is -6.60. The number of esters is 6. The summed E-state index contributed by atoms with van der Waals surface area (Å²) in [6.07, 6.45) is -8.60. The average Bonchev–Trinajstić information content (AvgIpc) is 1.59. The van der Waals surface area contributed by atoms with Gasteiger partial charge >= 0.3 is 71.6 Å². The summed E-state index contributed by atoms with van der Waals surface area (Å²) >= 11 is 0. The third kappa shape index (κ3) is 23.3. The molecule has 6 rings (SSSR count). The SMILES string of the molecule is CC(C)C(C(=O)O)C(C(=O)O[C@@H]1CO[C@H]2[C@@H]1OC[C@H]2OC(=O)C(C(C)C)C(C(=O)O)C(C)C)C(C)C.CC(C)C(C(=O)O)C(C(=O)O[C@H]1CO[C@H]2[C@@H]1OC[C@@H]2OC(=O)C(C(C)C)C(C(=O)O)C(C)C)C(C)C.CC(C)C(C(=O)O)C(C(=O)O[C@H]1CO[C@H]2[C@@H]1OC[C@H]2OC(=O)C(C(C)C)C(C(=O)O)C(C)C)C(C)C. The molecule has 24 atom stereocenters. The van der Waals surface area contributed by atoms with Gasteiger partial charge in [0.25, 0.3) is 0 Å². The molecule has 0 aromatic heterocycles. The quantitative estimate of drug-likeness (QED) is 0.0252. The third-order valence-electron chi connectivity index (χ3n) is 21.8. The minimum atomic E-state index is -1.05. The largest absolute Gasteiger partial charge is 0.481 e. The van der Waals surface area contributed by atoms with E-state index in [0.29, 0.717) is 0 Å². The normalized spacial score (nSPS) is 27.1. The van der Waals surface area contributed by atoms with Crippen molar-refractivity contribution in [1.82, 2.24) is 0 Å². The minimum Gasteiger partial charge on any atom is -0.481 e. The lowest BCUT2D eigenvalue weighted by atomic mass is 9.77. The second kappa shape index (κ2) is 41.1. The Morgan fingerprint density at radius 1 is 0.194 bits per heavy atom. The van der Waals surface area contributed by atoms with Gasteiger partial charge in [-0.3, -0.25) is 57.5 Å². The molecule has 108 heavy (non-hydrogen) atoms. The number of carboxylic acids is 6. The van der Waals surface area contributed by atoms with Crippen molar-refractivity contribution in [2.45, 2.75) is 239 Å². The van der Waals surface area contributed by atoms with Crippen molar-refractivity contribution in [3.8, 4) is 0 Å². The van der Waals surface area contributed by atoms with Crippen molar-refractivity contribution in [2.24, 2.45) is 142 Å². The molecule has 0 aromatic rings. The first-order valence-electron chi connectivity index (χ1n) is 38.3. The Morgan fingerprint density at radius 3 is 0.361 bits per heavy atom. The van der Waals surface area contributed by atoms with Gasteiger partial charge in [-0.2, -0.15) is 0 Å². The zero-order valence-corrected chi connectivity index (χ0v) is 67.5. The van der Waals surface area contributed by atoms with E-state index in [9.17, 15) is 88.2 Å². The summed E-state index contributed by atoms with van der Waals surface area (Å²) in [5.74, 6) is -23.6. The maximum Gasteiger partial charge on any atom is 0.310 e. The number of carbonyl (C=O) groups excluding carboxylic acids is 6. The van der Waals surface area contributed by atoms with E-state index in [1.54, 1.807) is 166 Å². The molecule has 6 heterocycles. The van der Waals surface area contributed by atoms with Crippen molar-refractivity contribution in [2.75, 3.05) is 39.6 Å². The van der Waals surface area contributed by atoms with Crippen LogP contribution in [0.25, 0.3) is 0 Å². The van der Waals surface area contributed by atoms with Gasteiger partial charge in [0.05, 0.1) is 111 Å². The number of carbonyl (C=O) groups is 12. The van der Waals surface area contributed by atoms with Crippen molar-refractivity contribution in [1.29, 1.82) is 0 Å². The van der Waals surface area contributed by atoms with Gasteiger partial charge in [0.15, 0.2) is 36.6 Å². The number of rotatable bonds is 36. The number of carboxylic acid groups (broad SMARTS) is 6. The lowest BCUT2D eigenvalue weighted by Crippen LogP contribution is -2.43. The van der Waals surface area contributed by atoms with E-state index in [2.05, 4.69) is 0 Å². The Kier molecular flexibility index (Phi) is 35.7. The molecule has 30 heteroatoms. The van der Waals surface area contributed by atoms with Crippen LogP contribution >= 0.6 is 0 Å². The molecule has 0 saturated carbocycles. The van der Waals surface area contributed by atoms with Crippen molar-refractivity contribution >= 4 is 71.6 Å². The summed E-state index contributed by atoms with van der Waals surface area (Å²) in [5.41, 5.74) is 0. The van der Waals surface area contributed by atoms with Gasteiger partial charge in [0.2, 0.25) is 0 Å². The molecular formula is C78H126O30. The van der Waals surface area contributed by atoms with Crippen LogP contribution in [0.1, 0.15) is 166 Å². The van der Waals surface area contributed by atoms with E-state index in [-0.39, 0.29) is 111 Å². The predicted molar refractivity (Wildman–Crippen MR) is 383 cm³/mol. The molecule has 12 unspecified atom stereocenters. The summed E-state index contributed by atoms with van der Waals surface area (Å²) in [4.78, 5) is 150. The molecule has 0 spiro atoms. The van der Waals surface area contributed by atoms with E-state index in [1.165, 1.54) is 0 Å². The van der Waals surface area contributed by atoms with Crippen LogP contribution < -0.4 is 0 Å². The first kappa shape index (κ1) is 93.8. The monoisotopic (exact) mass is 1540 g/mol. The Labute approximate surface area is 635 Å². The van der Waals surface area contributed by atoms with Crippen molar-refractivity contribution in [3.63, 3.8) is 0 Å². The molecule has 0 aromatic carbocycles. The molecule has 6 N–H and O–H groups in total. The molecular weight excluding hydrogens is 1420 g/mol.